The molecule has 1 amide bonds. The Hall–Kier alpha value is -2.09. The Morgan fingerprint density at radius 2 is 1.96 bits per heavy atom. The highest BCUT2D eigenvalue weighted by atomic mass is 35.5. The molecule has 0 atom stereocenters. The number of pyridine rings is 1. The molecule has 0 radical (unpaired) electrons. The van der Waals surface area contributed by atoms with Crippen molar-refractivity contribution in [2.45, 2.75) is 25.0 Å². The SMILES string of the molecule is O=C(c1ncc(Cl)cn1)N1CCC2(CC1)CN(Cc1cccnc1)CCO2. The molecule has 1 spiro atoms. The van der Waals surface area contributed by atoms with E-state index in [2.05, 4.69) is 25.9 Å². The van der Waals surface area contributed by atoms with Crippen molar-refractivity contribution < 1.29 is 9.53 Å². The van der Waals surface area contributed by atoms with Gasteiger partial charge in [-0.2, -0.15) is 0 Å². The molecule has 7 nitrogen and oxygen atoms in total. The van der Waals surface area contributed by atoms with E-state index in [9.17, 15) is 4.79 Å². The van der Waals surface area contributed by atoms with Crippen LogP contribution < -0.4 is 0 Å². The van der Waals surface area contributed by atoms with Crippen molar-refractivity contribution >= 4 is 17.5 Å². The Morgan fingerprint density at radius 3 is 2.67 bits per heavy atom. The van der Waals surface area contributed by atoms with Crippen LogP contribution in [0.5, 0.6) is 0 Å². The van der Waals surface area contributed by atoms with Crippen molar-refractivity contribution in [3.05, 3.63) is 53.3 Å². The number of likely N-dealkylation sites (tertiary alicyclic amines) is 1. The largest absolute Gasteiger partial charge is 0.372 e. The number of piperidine rings is 1. The van der Waals surface area contributed by atoms with Gasteiger partial charge >= 0.3 is 0 Å². The summed E-state index contributed by atoms with van der Waals surface area (Å²) in [6.45, 7) is 4.67. The number of carbonyl (C=O) groups excluding carboxylic acids is 1. The van der Waals surface area contributed by atoms with E-state index in [1.807, 2.05) is 12.3 Å². The van der Waals surface area contributed by atoms with Crippen LogP contribution in [0.25, 0.3) is 0 Å². The third-order valence-electron chi connectivity index (χ3n) is 5.23. The summed E-state index contributed by atoms with van der Waals surface area (Å²) in [5, 5.41) is 0.425. The van der Waals surface area contributed by atoms with E-state index in [1.165, 1.54) is 18.0 Å². The van der Waals surface area contributed by atoms with Crippen molar-refractivity contribution in [2.75, 3.05) is 32.8 Å². The fraction of sp³-hybridized carbons (Fsp3) is 0.474. The summed E-state index contributed by atoms with van der Waals surface area (Å²) < 4.78 is 6.18. The number of amides is 1. The standard InChI is InChI=1S/C19H22ClN5O2/c20-16-11-22-17(23-12-16)18(26)25-6-3-19(4-7-25)14-24(8-9-27-19)13-15-2-1-5-21-10-15/h1-2,5,10-12H,3-4,6-9,13-14H2. The Bertz CT molecular complexity index is 778. The van der Waals surface area contributed by atoms with Crippen molar-refractivity contribution in [1.29, 1.82) is 0 Å². The Kier molecular flexibility index (Phi) is 5.33. The van der Waals surface area contributed by atoms with E-state index in [4.69, 9.17) is 16.3 Å². The summed E-state index contributed by atoms with van der Waals surface area (Å²) in [6.07, 6.45) is 8.24. The first-order valence-corrected chi connectivity index (χ1v) is 9.53. The van der Waals surface area contributed by atoms with Gasteiger partial charge in [0.15, 0.2) is 0 Å². The number of rotatable bonds is 3. The van der Waals surface area contributed by atoms with Crippen molar-refractivity contribution in [3.8, 4) is 0 Å². The smallest absolute Gasteiger partial charge is 0.291 e. The normalized spacial score (nSPS) is 20.0. The molecule has 2 aromatic rings. The van der Waals surface area contributed by atoms with Gasteiger partial charge in [-0.3, -0.25) is 14.7 Å². The van der Waals surface area contributed by atoms with Gasteiger partial charge in [0.2, 0.25) is 5.82 Å². The first kappa shape index (κ1) is 18.3. The van der Waals surface area contributed by atoms with Gasteiger partial charge in [0.1, 0.15) is 0 Å². The minimum Gasteiger partial charge on any atom is -0.372 e. The molecule has 0 aliphatic carbocycles. The fourth-order valence-electron chi connectivity index (χ4n) is 3.79. The van der Waals surface area contributed by atoms with E-state index in [0.29, 0.717) is 24.7 Å². The lowest BCUT2D eigenvalue weighted by molar-refractivity contribution is -0.134. The quantitative estimate of drug-likeness (QED) is 0.802. The molecule has 0 unspecified atom stereocenters. The maximum Gasteiger partial charge on any atom is 0.291 e. The van der Waals surface area contributed by atoms with Gasteiger partial charge in [0, 0.05) is 57.5 Å². The van der Waals surface area contributed by atoms with Crippen molar-refractivity contribution in [2.24, 2.45) is 0 Å². The number of nitrogens with zero attached hydrogens (tertiary/aromatic N) is 5. The van der Waals surface area contributed by atoms with Crippen LogP contribution in [0.3, 0.4) is 0 Å². The zero-order valence-electron chi connectivity index (χ0n) is 15.1. The van der Waals surface area contributed by atoms with Crippen LogP contribution in [0.4, 0.5) is 0 Å². The predicted molar refractivity (Wildman–Crippen MR) is 100 cm³/mol. The van der Waals surface area contributed by atoms with Gasteiger partial charge in [0.25, 0.3) is 5.91 Å². The molecule has 4 rings (SSSR count). The lowest BCUT2D eigenvalue weighted by atomic mass is 9.89. The second-order valence-corrected chi connectivity index (χ2v) is 7.56. The van der Waals surface area contributed by atoms with Crippen LogP contribution >= 0.6 is 11.6 Å². The molecule has 2 saturated heterocycles. The molecule has 4 heterocycles. The fourth-order valence-corrected chi connectivity index (χ4v) is 3.89. The molecule has 27 heavy (non-hydrogen) atoms. The average molecular weight is 388 g/mol. The van der Waals surface area contributed by atoms with Crippen LogP contribution in [0, 0.1) is 0 Å². The highest BCUT2D eigenvalue weighted by molar-refractivity contribution is 6.30. The van der Waals surface area contributed by atoms with Crippen molar-refractivity contribution in [3.63, 3.8) is 0 Å². The van der Waals surface area contributed by atoms with Gasteiger partial charge < -0.3 is 9.64 Å². The Morgan fingerprint density at radius 1 is 1.19 bits per heavy atom. The summed E-state index contributed by atoms with van der Waals surface area (Å²) in [4.78, 5) is 29.1. The number of ether oxygens (including phenoxy) is 1. The number of hydrogen-bond donors (Lipinski definition) is 0. The molecule has 8 heteroatoms. The molecule has 2 aromatic heterocycles. The molecule has 0 saturated carbocycles. The first-order valence-electron chi connectivity index (χ1n) is 9.16. The molecular weight excluding hydrogens is 366 g/mol. The average Bonchev–Trinajstić information content (AvgIpc) is 2.70. The lowest BCUT2D eigenvalue weighted by Crippen LogP contribution is -2.57. The second-order valence-electron chi connectivity index (χ2n) is 7.12. The number of halogens is 1. The molecule has 0 bridgehead atoms. The minimum atomic E-state index is -0.182. The number of aromatic nitrogens is 3. The van der Waals surface area contributed by atoms with Gasteiger partial charge in [-0.15, -0.1) is 0 Å². The van der Waals surface area contributed by atoms with E-state index in [-0.39, 0.29) is 17.3 Å². The summed E-state index contributed by atoms with van der Waals surface area (Å²) in [5.74, 6) is 0.0441. The summed E-state index contributed by atoms with van der Waals surface area (Å²) in [7, 11) is 0. The summed E-state index contributed by atoms with van der Waals surface area (Å²) in [5.41, 5.74) is 1.03. The Balaban J connectivity index is 1.36. The molecule has 2 aliphatic rings. The number of carbonyl (C=O) groups is 1. The van der Waals surface area contributed by atoms with E-state index >= 15 is 0 Å². The van der Waals surface area contributed by atoms with Crippen LogP contribution in [-0.4, -0.2) is 69.0 Å². The third kappa shape index (κ3) is 4.26. The molecule has 0 N–H and O–H groups in total. The second kappa shape index (κ2) is 7.88. The summed E-state index contributed by atoms with van der Waals surface area (Å²) >= 11 is 5.80. The van der Waals surface area contributed by atoms with Crippen LogP contribution in [0.1, 0.15) is 29.0 Å². The summed E-state index contributed by atoms with van der Waals surface area (Å²) in [6, 6.07) is 4.07. The van der Waals surface area contributed by atoms with E-state index in [1.54, 1.807) is 11.1 Å². The number of morpholine rings is 1. The van der Waals surface area contributed by atoms with Gasteiger partial charge in [-0.1, -0.05) is 17.7 Å². The maximum atomic E-state index is 12.6. The van der Waals surface area contributed by atoms with E-state index < -0.39 is 0 Å². The predicted octanol–water partition coefficient (Wildman–Crippen LogP) is 2.03. The third-order valence-corrected chi connectivity index (χ3v) is 5.43. The van der Waals surface area contributed by atoms with Crippen molar-refractivity contribution in [1.82, 2.24) is 24.8 Å². The first-order chi connectivity index (χ1) is 13.1. The van der Waals surface area contributed by atoms with Gasteiger partial charge in [-0.25, -0.2) is 9.97 Å². The highest BCUT2D eigenvalue weighted by Gasteiger charge is 2.41. The monoisotopic (exact) mass is 387 g/mol. The molecule has 0 aromatic carbocycles. The van der Waals surface area contributed by atoms with Crippen LogP contribution in [0.2, 0.25) is 5.02 Å². The molecule has 2 fully saturated rings. The van der Waals surface area contributed by atoms with Gasteiger partial charge in [-0.05, 0) is 24.5 Å². The van der Waals surface area contributed by atoms with Crippen LogP contribution in [0.15, 0.2) is 36.9 Å². The zero-order chi connectivity index (χ0) is 18.7. The number of hydrogen-bond acceptors (Lipinski definition) is 6. The molecule has 142 valence electrons. The lowest BCUT2D eigenvalue weighted by Gasteiger charge is -2.47. The zero-order valence-corrected chi connectivity index (χ0v) is 15.8. The maximum absolute atomic E-state index is 12.6. The topological polar surface area (TPSA) is 71.5 Å². The van der Waals surface area contributed by atoms with Gasteiger partial charge in [0.05, 0.1) is 17.2 Å². The minimum absolute atomic E-state index is 0.149. The molecular formula is C19H22ClN5O2. The van der Waals surface area contributed by atoms with Crippen LogP contribution in [-0.2, 0) is 11.3 Å². The molecule has 2 aliphatic heterocycles. The van der Waals surface area contributed by atoms with E-state index in [0.717, 1.165) is 32.5 Å². The highest BCUT2D eigenvalue weighted by Crippen LogP contribution is 2.31. The Labute approximate surface area is 163 Å².